The Labute approximate surface area is 137 Å². The summed E-state index contributed by atoms with van der Waals surface area (Å²) in [6.45, 7) is 17.2. The van der Waals surface area contributed by atoms with Crippen LogP contribution in [0, 0.1) is 0 Å². The van der Waals surface area contributed by atoms with Gasteiger partial charge in [-0.1, -0.05) is 33.8 Å². The van der Waals surface area contributed by atoms with E-state index in [9.17, 15) is 0 Å². The zero-order valence-corrected chi connectivity index (χ0v) is 15.7. The minimum absolute atomic E-state index is 0.188. The molecule has 0 aliphatic heterocycles. The highest BCUT2D eigenvalue weighted by molar-refractivity contribution is 5.44. The van der Waals surface area contributed by atoms with E-state index in [4.69, 9.17) is 9.47 Å². The van der Waals surface area contributed by atoms with Gasteiger partial charge in [-0.2, -0.15) is 0 Å². The third-order valence-electron chi connectivity index (χ3n) is 4.62. The van der Waals surface area contributed by atoms with E-state index in [2.05, 4.69) is 73.6 Å². The highest BCUT2D eigenvalue weighted by Crippen LogP contribution is 2.37. The maximum atomic E-state index is 6.28. The van der Waals surface area contributed by atoms with Crippen molar-refractivity contribution in [3.05, 3.63) is 23.8 Å². The summed E-state index contributed by atoms with van der Waals surface area (Å²) in [5, 5.41) is 0. The highest BCUT2D eigenvalue weighted by Gasteiger charge is 2.24. The highest BCUT2D eigenvalue weighted by atomic mass is 16.5. The van der Waals surface area contributed by atoms with Gasteiger partial charge in [-0.25, -0.2) is 0 Å². The standard InChI is InChI=1S/C20H34O2/c1-9-15(4)16-12-13-17(21-19(5,6)10-2)18(14-16)22-20(7,8)11-3/h12-15H,9-11H2,1-8H3. The molecule has 0 spiro atoms. The lowest BCUT2D eigenvalue weighted by atomic mass is 9.98. The van der Waals surface area contributed by atoms with Crippen LogP contribution in [0.25, 0.3) is 0 Å². The van der Waals surface area contributed by atoms with E-state index in [1.54, 1.807) is 0 Å². The molecule has 1 aromatic rings. The SMILES string of the molecule is CCC(C)c1ccc(OC(C)(C)CC)c(OC(C)(C)CC)c1. The Kier molecular flexibility index (Phi) is 6.34. The third kappa shape index (κ3) is 5.23. The van der Waals surface area contributed by atoms with Crippen LogP contribution >= 0.6 is 0 Å². The molecular formula is C20H34O2. The molecule has 2 heteroatoms. The summed E-state index contributed by atoms with van der Waals surface area (Å²) in [5.41, 5.74) is 0.931. The van der Waals surface area contributed by atoms with Crippen molar-refractivity contribution in [1.29, 1.82) is 0 Å². The topological polar surface area (TPSA) is 18.5 Å². The first kappa shape index (κ1) is 18.9. The minimum atomic E-state index is -0.192. The lowest BCUT2D eigenvalue weighted by Gasteiger charge is -2.30. The summed E-state index contributed by atoms with van der Waals surface area (Å²) in [6.07, 6.45) is 3.03. The molecule has 0 saturated heterocycles. The summed E-state index contributed by atoms with van der Waals surface area (Å²) < 4.78 is 12.5. The summed E-state index contributed by atoms with van der Waals surface area (Å²) in [5.74, 6) is 2.24. The van der Waals surface area contributed by atoms with E-state index in [0.717, 1.165) is 30.8 Å². The molecule has 0 amide bonds. The molecule has 0 heterocycles. The monoisotopic (exact) mass is 306 g/mol. The van der Waals surface area contributed by atoms with Crippen LogP contribution in [0.1, 0.15) is 86.1 Å². The molecule has 0 aliphatic carbocycles. The van der Waals surface area contributed by atoms with Crippen LogP contribution in [0.4, 0.5) is 0 Å². The predicted molar refractivity (Wildman–Crippen MR) is 95.1 cm³/mol. The first-order chi connectivity index (χ1) is 10.1. The summed E-state index contributed by atoms with van der Waals surface area (Å²) in [7, 11) is 0. The third-order valence-corrected chi connectivity index (χ3v) is 4.62. The van der Waals surface area contributed by atoms with Crippen molar-refractivity contribution in [3.63, 3.8) is 0 Å². The van der Waals surface area contributed by atoms with Gasteiger partial charge in [0.05, 0.1) is 0 Å². The van der Waals surface area contributed by atoms with Gasteiger partial charge >= 0.3 is 0 Å². The van der Waals surface area contributed by atoms with Crippen molar-refractivity contribution in [3.8, 4) is 11.5 Å². The molecule has 126 valence electrons. The first-order valence-corrected chi connectivity index (χ1v) is 8.66. The van der Waals surface area contributed by atoms with Crippen molar-refractivity contribution < 1.29 is 9.47 Å². The Balaban J connectivity index is 3.19. The fourth-order valence-electron chi connectivity index (χ4n) is 1.97. The number of hydrogen-bond acceptors (Lipinski definition) is 2. The van der Waals surface area contributed by atoms with Crippen LogP contribution in [0.2, 0.25) is 0 Å². The quantitative estimate of drug-likeness (QED) is 0.558. The van der Waals surface area contributed by atoms with Crippen LogP contribution in [0.15, 0.2) is 18.2 Å². The van der Waals surface area contributed by atoms with E-state index in [-0.39, 0.29) is 11.2 Å². The van der Waals surface area contributed by atoms with Crippen LogP contribution in [-0.4, -0.2) is 11.2 Å². The van der Waals surface area contributed by atoms with Crippen molar-refractivity contribution in [2.45, 2.75) is 91.8 Å². The lowest BCUT2D eigenvalue weighted by Crippen LogP contribution is -2.30. The number of rotatable bonds is 8. The second kappa shape index (κ2) is 7.39. The molecule has 22 heavy (non-hydrogen) atoms. The molecule has 0 bridgehead atoms. The molecule has 0 radical (unpaired) electrons. The molecular weight excluding hydrogens is 272 g/mol. The van der Waals surface area contributed by atoms with E-state index in [1.807, 2.05) is 0 Å². The van der Waals surface area contributed by atoms with Gasteiger partial charge in [-0.3, -0.25) is 0 Å². The van der Waals surface area contributed by atoms with Crippen LogP contribution < -0.4 is 9.47 Å². The fourth-order valence-corrected chi connectivity index (χ4v) is 1.97. The number of hydrogen-bond donors (Lipinski definition) is 0. The van der Waals surface area contributed by atoms with E-state index in [1.165, 1.54) is 5.56 Å². The Hall–Kier alpha value is -1.18. The second-order valence-corrected chi connectivity index (χ2v) is 7.45. The van der Waals surface area contributed by atoms with Crippen molar-refractivity contribution >= 4 is 0 Å². The molecule has 1 atom stereocenters. The van der Waals surface area contributed by atoms with Crippen molar-refractivity contribution in [1.82, 2.24) is 0 Å². The van der Waals surface area contributed by atoms with Crippen molar-refractivity contribution in [2.24, 2.45) is 0 Å². The number of benzene rings is 1. The van der Waals surface area contributed by atoms with Gasteiger partial charge in [0.1, 0.15) is 11.2 Å². The van der Waals surface area contributed by atoms with Gasteiger partial charge in [-0.15, -0.1) is 0 Å². The summed E-state index contributed by atoms with van der Waals surface area (Å²) in [6, 6.07) is 6.40. The van der Waals surface area contributed by atoms with E-state index < -0.39 is 0 Å². The molecule has 0 saturated carbocycles. The number of ether oxygens (including phenoxy) is 2. The molecule has 0 aliphatic rings. The maximum Gasteiger partial charge on any atom is 0.162 e. The maximum absolute atomic E-state index is 6.28. The van der Waals surface area contributed by atoms with Gasteiger partial charge in [0.15, 0.2) is 11.5 Å². The molecule has 1 unspecified atom stereocenters. The molecule has 1 aromatic carbocycles. The van der Waals surface area contributed by atoms with Gasteiger partial charge < -0.3 is 9.47 Å². The molecule has 0 fully saturated rings. The van der Waals surface area contributed by atoms with Gasteiger partial charge in [0.2, 0.25) is 0 Å². The van der Waals surface area contributed by atoms with Crippen molar-refractivity contribution in [2.75, 3.05) is 0 Å². The van der Waals surface area contributed by atoms with E-state index >= 15 is 0 Å². The van der Waals surface area contributed by atoms with Gasteiger partial charge in [0, 0.05) is 0 Å². The molecule has 0 aromatic heterocycles. The Morgan fingerprint density at radius 1 is 0.864 bits per heavy atom. The largest absolute Gasteiger partial charge is 0.484 e. The molecule has 2 nitrogen and oxygen atoms in total. The van der Waals surface area contributed by atoms with Gasteiger partial charge in [0.25, 0.3) is 0 Å². The van der Waals surface area contributed by atoms with E-state index in [0.29, 0.717) is 5.92 Å². The summed E-state index contributed by atoms with van der Waals surface area (Å²) in [4.78, 5) is 0. The zero-order valence-electron chi connectivity index (χ0n) is 15.7. The Bertz CT molecular complexity index is 475. The average molecular weight is 306 g/mol. The predicted octanol–water partition coefficient (Wildman–Crippen LogP) is 6.33. The Morgan fingerprint density at radius 3 is 1.82 bits per heavy atom. The first-order valence-electron chi connectivity index (χ1n) is 8.66. The van der Waals surface area contributed by atoms with Gasteiger partial charge in [-0.05, 0) is 70.6 Å². The average Bonchev–Trinajstić information content (AvgIpc) is 2.47. The fraction of sp³-hybridized carbons (Fsp3) is 0.700. The normalized spacial score (nSPS) is 13.8. The van der Waals surface area contributed by atoms with Crippen LogP contribution in [0.3, 0.4) is 0 Å². The lowest BCUT2D eigenvalue weighted by molar-refractivity contribution is 0.0727. The summed E-state index contributed by atoms with van der Waals surface area (Å²) >= 11 is 0. The Morgan fingerprint density at radius 2 is 1.36 bits per heavy atom. The second-order valence-electron chi connectivity index (χ2n) is 7.45. The molecule has 1 rings (SSSR count). The molecule has 0 N–H and O–H groups in total. The minimum Gasteiger partial charge on any atom is -0.484 e. The van der Waals surface area contributed by atoms with Crippen LogP contribution in [-0.2, 0) is 0 Å². The van der Waals surface area contributed by atoms with Crippen LogP contribution in [0.5, 0.6) is 11.5 Å². The zero-order chi connectivity index (χ0) is 17.0. The smallest absolute Gasteiger partial charge is 0.162 e.